The van der Waals surface area contributed by atoms with Gasteiger partial charge < -0.3 is 4.74 Å². The van der Waals surface area contributed by atoms with Gasteiger partial charge in [-0.2, -0.15) is 0 Å². The van der Waals surface area contributed by atoms with Gasteiger partial charge in [-0.05, 0) is 6.92 Å². The van der Waals surface area contributed by atoms with Crippen molar-refractivity contribution < 1.29 is 9.53 Å². The Hall–Kier alpha value is -1.82. The first kappa shape index (κ1) is 12.2. The summed E-state index contributed by atoms with van der Waals surface area (Å²) >= 11 is 1.35. The molecule has 0 amide bonds. The number of ether oxygens (including phenoxy) is 1. The third-order valence-electron chi connectivity index (χ3n) is 2.92. The maximum atomic E-state index is 11.4. The van der Waals surface area contributed by atoms with Gasteiger partial charge in [0.15, 0.2) is 5.82 Å². The molecule has 19 heavy (non-hydrogen) atoms. The molecule has 2 heterocycles. The normalized spacial score (nSPS) is 18.6. The van der Waals surface area contributed by atoms with Crippen LogP contribution in [0.25, 0.3) is 11.4 Å². The average Bonchev–Trinajstić information content (AvgIpc) is 3.01. The Kier molecular flexibility index (Phi) is 3.25. The molecule has 3 rings (SSSR count). The van der Waals surface area contributed by atoms with Crippen LogP contribution in [0.5, 0.6) is 0 Å². The summed E-state index contributed by atoms with van der Waals surface area (Å²) in [5, 5.41) is 7.43. The second-order valence-corrected chi connectivity index (χ2v) is 5.57. The van der Waals surface area contributed by atoms with Crippen LogP contribution in [-0.4, -0.2) is 33.0 Å². The molecule has 0 aliphatic carbocycles. The number of cyclic esters (lactones) is 1. The van der Waals surface area contributed by atoms with Crippen LogP contribution in [0, 0.1) is 6.92 Å². The Morgan fingerprint density at radius 2 is 2.16 bits per heavy atom. The number of aromatic nitrogens is 3. The molecule has 0 bridgehead atoms. The fraction of sp³-hybridized carbons (Fsp3) is 0.308. The number of nitrogens with zero attached hydrogens (tertiary/aromatic N) is 2. The van der Waals surface area contributed by atoms with Crippen LogP contribution in [0.3, 0.4) is 0 Å². The molecule has 1 fully saturated rings. The van der Waals surface area contributed by atoms with E-state index in [1.807, 2.05) is 31.2 Å². The summed E-state index contributed by atoms with van der Waals surface area (Å²) in [6.45, 7) is 2.53. The van der Waals surface area contributed by atoms with Gasteiger partial charge in [0.1, 0.15) is 5.25 Å². The predicted octanol–water partition coefficient (Wildman–Crippen LogP) is 2.19. The van der Waals surface area contributed by atoms with Crippen molar-refractivity contribution in [1.82, 2.24) is 15.2 Å². The number of nitrogens with one attached hydrogen (secondary N) is 1. The summed E-state index contributed by atoms with van der Waals surface area (Å²) in [6, 6.07) is 8.04. The molecule has 0 radical (unpaired) electrons. The number of esters is 1. The first-order chi connectivity index (χ1) is 9.22. The molecule has 1 saturated heterocycles. The van der Waals surface area contributed by atoms with Crippen molar-refractivity contribution in [2.75, 3.05) is 6.61 Å². The smallest absolute Gasteiger partial charge is 0.319 e. The van der Waals surface area contributed by atoms with E-state index >= 15 is 0 Å². The third kappa shape index (κ3) is 2.63. The van der Waals surface area contributed by atoms with Gasteiger partial charge in [-0.25, -0.2) is 4.98 Å². The maximum absolute atomic E-state index is 11.4. The van der Waals surface area contributed by atoms with Gasteiger partial charge in [-0.3, -0.25) is 9.89 Å². The fourth-order valence-corrected chi connectivity index (χ4v) is 2.73. The lowest BCUT2D eigenvalue weighted by Gasteiger charge is -1.99. The van der Waals surface area contributed by atoms with Gasteiger partial charge in [0, 0.05) is 12.0 Å². The van der Waals surface area contributed by atoms with E-state index in [-0.39, 0.29) is 11.2 Å². The van der Waals surface area contributed by atoms with E-state index < -0.39 is 0 Å². The Bertz CT molecular complexity index is 594. The summed E-state index contributed by atoms with van der Waals surface area (Å²) in [5.41, 5.74) is 2.19. The average molecular weight is 275 g/mol. The molecule has 1 aliphatic rings. The molecule has 1 aromatic carbocycles. The summed E-state index contributed by atoms with van der Waals surface area (Å²) < 4.78 is 4.92. The monoisotopic (exact) mass is 275 g/mol. The van der Waals surface area contributed by atoms with Crippen molar-refractivity contribution in [2.45, 2.75) is 23.8 Å². The molecule has 5 nitrogen and oxygen atoms in total. The van der Waals surface area contributed by atoms with Gasteiger partial charge >= 0.3 is 5.97 Å². The lowest BCUT2D eigenvalue weighted by Crippen LogP contribution is -2.09. The molecule has 2 aromatic rings. The first-order valence-corrected chi connectivity index (χ1v) is 6.93. The minimum Gasteiger partial charge on any atom is -0.465 e. The van der Waals surface area contributed by atoms with E-state index in [0.29, 0.717) is 17.6 Å². The first-order valence-electron chi connectivity index (χ1n) is 6.05. The number of rotatable bonds is 3. The van der Waals surface area contributed by atoms with Gasteiger partial charge in [-0.15, -0.1) is 5.10 Å². The number of carbonyl (C=O) groups is 1. The lowest BCUT2D eigenvalue weighted by atomic mass is 10.1. The van der Waals surface area contributed by atoms with Gasteiger partial charge in [0.2, 0.25) is 5.16 Å². The number of benzene rings is 1. The van der Waals surface area contributed by atoms with E-state index in [1.54, 1.807) is 0 Å². The zero-order chi connectivity index (χ0) is 13.2. The highest BCUT2D eigenvalue weighted by atomic mass is 32.2. The number of aryl methyl sites for hydroxylation is 1. The SMILES string of the molecule is Cc1ccc(-c2nc(S[C@H]3CCOC3=O)n[nH]2)cc1. The van der Waals surface area contributed by atoms with Crippen LogP contribution in [0.2, 0.25) is 0 Å². The predicted molar refractivity (Wildman–Crippen MR) is 71.8 cm³/mol. The lowest BCUT2D eigenvalue weighted by molar-refractivity contribution is -0.137. The maximum Gasteiger partial charge on any atom is 0.319 e. The fourth-order valence-electron chi connectivity index (χ4n) is 1.85. The van der Waals surface area contributed by atoms with E-state index in [0.717, 1.165) is 12.0 Å². The van der Waals surface area contributed by atoms with Crippen LogP contribution >= 0.6 is 11.8 Å². The Morgan fingerprint density at radius 1 is 1.37 bits per heavy atom. The molecule has 1 aromatic heterocycles. The highest BCUT2D eigenvalue weighted by molar-refractivity contribution is 8.00. The van der Waals surface area contributed by atoms with Crippen molar-refractivity contribution in [2.24, 2.45) is 0 Å². The van der Waals surface area contributed by atoms with Crippen molar-refractivity contribution >= 4 is 17.7 Å². The number of hydrogen-bond acceptors (Lipinski definition) is 5. The summed E-state index contributed by atoms with van der Waals surface area (Å²) in [5.74, 6) is 0.542. The van der Waals surface area contributed by atoms with Crippen molar-refractivity contribution in [3.05, 3.63) is 29.8 Å². The van der Waals surface area contributed by atoms with E-state index in [4.69, 9.17) is 4.74 Å². The van der Waals surface area contributed by atoms with Gasteiger partial charge in [0.25, 0.3) is 0 Å². The molecule has 0 spiro atoms. The number of thioether (sulfide) groups is 1. The van der Waals surface area contributed by atoms with E-state index in [2.05, 4.69) is 15.2 Å². The molecule has 1 N–H and O–H groups in total. The quantitative estimate of drug-likeness (QED) is 0.870. The highest BCUT2D eigenvalue weighted by Crippen LogP contribution is 2.28. The molecule has 6 heteroatoms. The minimum absolute atomic E-state index is 0.174. The Balaban J connectivity index is 1.75. The molecule has 1 aliphatic heterocycles. The number of hydrogen-bond donors (Lipinski definition) is 1. The Labute approximate surface area is 114 Å². The number of carbonyl (C=O) groups excluding carboxylic acids is 1. The zero-order valence-electron chi connectivity index (χ0n) is 10.4. The van der Waals surface area contributed by atoms with Crippen molar-refractivity contribution in [1.29, 1.82) is 0 Å². The minimum atomic E-state index is -0.179. The van der Waals surface area contributed by atoms with Crippen LogP contribution in [0.15, 0.2) is 29.4 Å². The third-order valence-corrected chi connectivity index (χ3v) is 4.03. The van der Waals surface area contributed by atoms with Crippen molar-refractivity contribution in [3.63, 3.8) is 0 Å². The topological polar surface area (TPSA) is 67.9 Å². The molecular formula is C13H13N3O2S. The number of aromatic amines is 1. The summed E-state index contributed by atoms with van der Waals surface area (Å²) in [4.78, 5) is 15.8. The second-order valence-electron chi connectivity index (χ2n) is 4.40. The zero-order valence-corrected chi connectivity index (χ0v) is 11.2. The molecule has 1 atom stereocenters. The van der Waals surface area contributed by atoms with Gasteiger partial charge in [-0.1, -0.05) is 41.6 Å². The Morgan fingerprint density at radius 3 is 2.84 bits per heavy atom. The molecule has 0 saturated carbocycles. The summed E-state index contributed by atoms with van der Waals surface area (Å²) in [7, 11) is 0. The molecule has 98 valence electrons. The largest absolute Gasteiger partial charge is 0.465 e. The number of H-pyrrole nitrogens is 1. The van der Waals surface area contributed by atoms with E-state index in [9.17, 15) is 4.79 Å². The second kappa shape index (κ2) is 5.05. The van der Waals surface area contributed by atoms with E-state index in [1.165, 1.54) is 17.3 Å². The summed E-state index contributed by atoms with van der Waals surface area (Å²) in [6.07, 6.45) is 0.720. The van der Waals surface area contributed by atoms with Crippen LogP contribution in [-0.2, 0) is 9.53 Å². The molecule has 0 unspecified atom stereocenters. The van der Waals surface area contributed by atoms with Gasteiger partial charge in [0.05, 0.1) is 6.61 Å². The highest BCUT2D eigenvalue weighted by Gasteiger charge is 2.28. The standard InChI is InChI=1S/C13H13N3O2S/c1-8-2-4-9(5-3-8)11-14-13(16-15-11)19-10-6-7-18-12(10)17/h2-5,10H,6-7H2,1H3,(H,14,15,16)/t10-/m0/s1. The van der Waals surface area contributed by atoms with Crippen molar-refractivity contribution in [3.8, 4) is 11.4 Å². The van der Waals surface area contributed by atoms with Crippen LogP contribution in [0.1, 0.15) is 12.0 Å². The molecular weight excluding hydrogens is 262 g/mol. The van der Waals surface area contributed by atoms with Crippen LogP contribution < -0.4 is 0 Å². The van der Waals surface area contributed by atoms with Crippen LogP contribution in [0.4, 0.5) is 0 Å².